The fourth-order valence-corrected chi connectivity index (χ4v) is 1.85. The van der Waals surface area contributed by atoms with Gasteiger partial charge >= 0.3 is 0 Å². The van der Waals surface area contributed by atoms with Crippen LogP contribution in [0.3, 0.4) is 0 Å². The molecule has 0 heterocycles. The summed E-state index contributed by atoms with van der Waals surface area (Å²) in [5.74, 6) is 0.780. The smallest absolute Gasteiger partial charge is 0.150 e. The molecule has 2 rings (SSSR count). The third-order valence-electron chi connectivity index (χ3n) is 2.40. The summed E-state index contributed by atoms with van der Waals surface area (Å²) in [6.07, 6.45) is 0. The number of halogens is 2. The van der Waals surface area contributed by atoms with E-state index >= 15 is 0 Å². The molecule has 0 aromatic heterocycles. The number of anilines is 1. The number of aryl methyl sites for hydroxylation is 1. The van der Waals surface area contributed by atoms with Crippen molar-refractivity contribution in [2.75, 3.05) is 5.73 Å². The van der Waals surface area contributed by atoms with Crippen molar-refractivity contribution in [2.45, 2.75) is 6.92 Å². The fourth-order valence-electron chi connectivity index (χ4n) is 1.42. The lowest BCUT2D eigenvalue weighted by molar-refractivity contribution is 0.479. The van der Waals surface area contributed by atoms with Gasteiger partial charge in [0, 0.05) is 0 Å². The number of hydrogen-bond acceptors (Lipinski definition) is 2. The first-order valence-corrected chi connectivity index (χ1v) is 5.85. The Labute approximate surface area is 107 Å². The van der Waals surface area contributed by atoms with Gasteiger partial charge in [-0.05, 0) is 52.7 Å². The molecule has 0 fully saturated rings. The number of hydrogen-bond donors (Lipinski definition) is 1. The highest BCUT2D eigenvalue weighted by molar-refractivity contribution is 9.10. The number of para-hydroxylation sites is 1. The van der Waals surface area contributed by atoms with Crippen molar-refractivity contribution < 1.29 is 9.13 Å². The van der Waals surface area contributed by atoms with Gasteiger partial charge in [0.1, 0.15) is 11.6 Å². The van der Waals surface area contributed by atoms with E-state index in [-0.39, 0.29) is 5.82 Å². The average molecular weight is 296 g/mol. The molecule has 2 aromatic rings. The summed E-state index contributed by atoms with van der Waals surface area (Å²) in [5.41, 5.74) is 7.43. The van der Waals surface area contributed by atoms with Crippen molar-refractivity contribution in [1.82, 2.24) is 0 Å². The Morgan fingerprint density at radius 2 is 1.94 bits per heavy atom. The first-order chi connectivity index (χ1) is 8.08. The van der Waals surface area contributed by atoms with E-state index in [2.05, 4.69) is 15.9 Å². The van der Waals surface area contributed by atoms with Crippen LogP contribution in [0.4, 0.5) is 10.1 Å². The number of rotatable bonds is 2. The van der Waals surface area contributed by atoms with Gasteiger partial charge in [0.2, 0.25) is 0 Å². The van der Waals surface area contributed by atoms with Crippen LogP contribution in [-0.2, 0) is 0 Å². The molecule has 0 radical (unpaired) electrons. The highest BCUT2D eigenvalue weighted by Crippen LogP contribution is 2.34. The molecule has 0 atom stereocenters. The highest BCUT2D eigenvalue weighted by Gasteiger charge is 2.07. The molecule has 2 aromatic carbocycles. The molecule has 4 heteroatoms. The number of benzene rings is 2. The van der Waals surface area contributed by atoms with Crippen molar-refractivity contribution in [1.29, 1.82) is 0 Å². The molecule has 0 saturated carbocycles. The Hall–Kier alpha value is -1.55. The SMILES string of the molecule is Cc1cccc(Oc2ccc(F)cc2Br)c1N. The van der Waals surface area contributed by atoms with Crippen molar-refractivity contribution in [3.05, 3.63) is 52.3 Å². The standard InChI is InChI=1S/C13H11BrFNO/c1-8-3-2-4-12(13(8)16)17-11-6-5-9(15)7-10(11)14/h2-7H,16H2,1H3. The molecule has 0 saturated heterocycles. The van der Waals surface area contributed by atoms with Crippen LogP contribution < -0.4 is 10.5 Å². The van der Waals surface area contributed by atoms with E-state index < -0.39 is 0 Å². The molecule has 2 nitrogen and oxygen atoms in total. The predicted molar refractivity (Wildman–Crippen MR) is 69.8 cm³/mol. The van der Waals surface area contributed by atoms with Crippen molar-refractivity contribution in [3.63, 3.8) is 0 Å². The van der Waals surface area contributed by atoms with E-state index in [1.807, 2.05) is 19.1 Å². The van der Waals surface area contributed by atoms with Crippen LogP contribution in [0, 0.1) is 12.7 Å². The monoisotopic (exact) mass is 295 g/mol. The van der Waals surface area contributed by atoms with Crippen molar-refractivity contribution in [3.8, 4) is 11.5 Å². The van der Waals surface area contributed by atoms with E-state index in [0.717, 1.165) is 5.56 Å². The zero-order valence-corrected chi connectivity index (χ0v) is 10.8. The molecule has 88 valence electrons. The average Bonchev–Trinajstić information content (AvgIpc) is 2.28. The second-order valence-electron chi connectivity index (χ2n) is 3.66. The van der Waals surface area contributed by atoms with Crippen LogP contribution in [0.25, 0.3) is 0 Å². The minimum atomic E-state index is -0.318. The largest absolute Gasteiger partial charge is 0.454 e. The molecule has 0 spiro atoms. The van der Waals surface area contributed by atoms with Crippen LogP contribution in [0.2, 0.25) is 0 Å². The molecule has 17 heavy (non-hydrogen) atoms. The number of ether oxygens (including phenoxy) is 1. The lowest BCUT2D eigenvalue weighted by Crippen LogP contribution is -1.95. The number of nitrogen functional groups attached to an aromatic ring is 1. The summed E-state index contributed by atoms with van der Waals surface area (Å²) in [6.45, 7) is 1.90. The Morgan fingerprint density at radius 1 is 1.18 bits per heavy atom. The normalized spacial score (nSPS) is 10.3. The van der Waals surface area contributed by atoms with Gasteiger partial charge in [-0.2, -0.15) is 0 Å². The van der Waals surface area contributed by atoms with Gasteiger partial charge in [0.25, 0.3) is 0 Å². The lowest BCUT2D eigenvalue weighted by Gasteiger charge is -2.11. The summed E-state index contributed by atoms with van der Waals surface area (Å²) in [4.78, 5) is 0. The maximum atomic E-state index is 12.9. The molecule has 0 amide bonds. The molecule has 0 aliphatic carbocycles. The van der Waals surface area contributed by atoms with Gasteiger partial charge in [-0.25, -0.2) is 4.39 Å². The van der Waals surface area contributed by atoms with E-state index in [9.17, 15) is 4.39 Å². The quantitative estimate of drug-likeness (QED) is 0.840. The molecule has 0 unspecified atom stereocenters. The van der Waals surface area contributed by atoms with Gasteiger partial charge in [0.15, 0.2) is 5.75 Å². The Bertz CT molecular complexity index is 557. The van der Waals surface area contributed by atoms with E-state index in [1.54, 1.807) is 12.1 Å². The topological polar surface area (TPSA) is 35.2 Å². The van der Waals surface area contributed by atoms with Crippen molar-refractivity contribution >= 4 is 21.6 Å². The maximum Gasteiger partial charge on any atom is 0.150 e. The van der Waals surface area contributed by atoms with Crippen LogP contribution in [0.15, 0.2) is 40.9 Å². The van der Waals surface area contributed by atoms with Gasteiger partial charge in [-0.15, -0.1) is 0 Å². The van der Waals surface area contributed by atoms with Crippen LogP contribution in [-0.4, -0.2) is 0 Å². The highest BCUT2D eigenvalue weighted by atomic mass is 79.9. The lowest BCUT2D eigenvalue weighted by atomic mass is 10.2. The van der Waals surface area contributed by atoms with Gasteiger partial charge in [-0.3, -0.25) is 0 Å². The summed E-state index contributed by atoms with van der Waals surface area (Å²) in [5, 5.41) is 0. The number of nitrogens with two attached hydrogens (primary N) is 1. The summed E-state index contributed by atoms with van der Waals surface area (Å²) in [6, 6.07) is 9.78. The van der Waals surface area contributed by atoms with Gasteiger partial charge < -0.3 is 10.5 Å². The zero-order valence-electron chi connectivity index (χ0n) is 9.21. The second kappa shape index (κ2) is 4.75. The van der Waals surface area contributed by atoms with Gasteiger partial charge in [-0.1, -0.05) is 12.1 Å². The molecular weight excluding hydrogens is 285 g/mol. The molecule has 2 N–H and O–H groups in total. The van der Waals surface area contributed by atoms with E-state index in [4.69, 9.17) is 10.5 Å². The zero-order chi connectivity index (χ0) is 12.4. The minimum Gasteiger partial charge on any atom is -0.454 e. The maximum absolute atomic E-state index is 12.9. The van der Waals surface area contributed by atoms with E-state index in [0.29, 0.717) is 21.7 Å². The Balaban J connectivity index is 2.35. The van der Waals surface area contributed by atoms with Crippen LogP contribution in [0.5, 0.6) is 11.5 Å². The second-order valence-corrected chi connectivity index (χ2v) is 4.52. The third-order valence-corrected chi connectivity index (χ3v) is 3.02. The summed E-state index contributed by atoms with van der Waals surface area (Å²) < 4.78 is 19.1. The minimum absolute atomic E-state index is 0.318. The Morgan fingerprint density at radius 3 is 2.65 bits per heavy atom. The Kier molecular flexibility index (Phi) is 3.33. The fraction of sp³-hybridized carbons (Fsp3) is 0.0769. The summed E-state index contributed by atoms with van der Waals surface area (Å²) >= 11 is 3.24. The first-order valence-electron chi connectivity index (χ1n) is 5.06. The molecular formula is C13H11BrFNO. The summed E-state index contributed by atoms with van der Waals surface area (Å²) in [7, 11) is 0. The molecule has 0 aliphatic heterocycles. The predicted octanol–water partition coefficient (Wildman–Crippen LogP) is 4.27. The van der Waals surface area contributed by atoms with Gasteiger partial charge in [0.05, 0.1) is 10.2 Å². The van der Waals surface area contributed by atoms with Crippen LogP contribution >= 0.6 is 15.9 Å². The van der Waals surface area contributed by atoms with Crippen LogP contribution in [0.1, 0.15) is 5.56 Å². The molecule has 0 bridgehead atoms. The molecule has 0 aliphatic rings. The van der Waals surface area contributed by atoms with Crippen molar-refractivity contribution in [2.24, 2.45) is 0 Å². The van der Waals surface area contributed by atoms with E-state index in [1.165, 1.54) is 12.1 Å². The third kappa shape index (κ3) is 2.58. The first kappa shape index (κ1) is 11.9.